The average molecular weight is 296 g/mol. The topological polar surface area (TPSA) is 36.9 Å². The molecule has 0 spiro atoms. The SMILES string of the molecule is CCOCOc1cc(F)cc(B2OC(C)(C)C(C)(C)O2)c1. The van der Waals surface area contributed by atoms with Crippen LogP contribution in [0, 0.1) is 5.82 Å². The predicted molar refractivity (Wildman–Crippen MR) is 79.2 cm³/mol. The van der Waals surface area contributed by atoms with Crippen molar-refractivity contribution in [3.63, 3.8) is 0 Å². The fourth-order valence-corrected chi connectivity index (χ4v) is 1.98. The van der Waals surface area contributed by atoms with E-state index in [-0.39, 0.29) is 6.79 Å². The highest BCUT2D eigenvalue weighted by Crippen LogP contribution is 2.36. The average Bonchev–Trinajstić information content (AvgIpc) is 2.58. The van der Waals surface area contributed by atoms with Gasteiger partial charge >= 0.3 is 7.12 Å². The van der Waals surface area contributed by atoms with E-state index in [1.807, 2.05) is 34.6 Å². The summed E-state index contributed by atoms with van der Waals surface area (Å²) >= 11 is 0. The maximum atomic E-state index is 13.7. The summed E-state index contributed by atoms with van der Waals surface area (Å²) in [6.45, 7) is 10.3. The van der Waals surface area contributed by atoms with Gasteiger partial charge in [-0.05, 0) is 52.2 Å². The van der Waals surface area contributed by atoms with E-state index < -0.39 is 24.1 Å². The molecule has 116 valence electrons. The second-order valence-electron chi connectivity index (χ2n) is 6.06. The highest BCUT2D eigenvalue weighted by Gasteiger charge is 2.51. The molecular weight excluding hydrogens is 274 g/mol. The van der Waals surface area contributed by atoms with Crippen LogP contribution in [0.1, 0.15) is 34.6 Å². The van der Waals surface area contributed by atoms with E-state index in [0.717, 1.165) is 0 Å². The summed E-state index contributed by atoms with van der Waals surface area (Å²) in [4.78, 5) is 0. The Labute approximate surface area is 125 Å². The lowest BCUT2D eigenvalue weighted by molar-refractivity contribution is 0.00578. The first kappa shape index (κ1) is 16.3. The summed E-state index contributed by atoms with van der Waals surface area (Å²) in [7, 11) is -0.611. The summed E-state index contributed by atoms with van der Waals surface area (Å²) in [5.41, 5.74) is -0.327. The molecule has 0 aliphatic carbocycles. The third-order valence-corrected chi connectivity index (χ3v) is 3.93. The molecule has 0 bridgehead atoms. The zero-order valence-corrected chi connectivity index (χ0v) is 13.2. The lowest BCUT2D eigenvalue weighted by Gasteiger charge is -2.32. The molecular formula is C15H22BFO4. The van der Waals surface area contributed by atoms with Crippen molar-refractivity contribution in [2.45, 2.75) is 45.8 Å². The van der Waals surface area contributed by atoms with Gasteiger partial charge in [-0.15, -0.1) is 0 Å². The molecule has 21 heavy (non-hydrogen) atoms. The second-order valence-corrected chi connectivity index (χ2v) is 6.06. The lowest BCUT2D eigenvalue weighted by atomic mass is 9.79. The van der Waals surface area contributed by atoms with E-state index in [1.165, 1.54) is 12.1 Å². The Kier molecular flexibility index (Phi) is 4.61. The normalized spacial score (nSPS) is 19.8. The fourth-order valence-electron chi connectivity index (χ4n) is 1.98. The van der Waals surface area contributed by atoms with Crippen LogP contribution in [0.4, 0.5) is 4.39 Å². The van der Waals surface area contributed by atoms with Gasteiger partial charge in [0.2, 0.25) is 0 Å². The van der Waals surface area contributed by atoms with E-state index in [2.05, 4.69) is 0 Å². The number of benzene rings is 1. The van der Waals surface area contributed by atoms with Gasteiger partial charge in [0.25, 0.3) is 0 Å². The molecule has 0 amide bonds. The first-order valence-electron chi connectivity index (χ1n) is 7.12. The standard InChI is InChI=1S/C15H22BFO4/c1-6-18-10-19-13-8-11(7-12(17)9-13)16-20-14(2,3)15(4,5)21-16/h7-9H,6,10H2,1-5H3. The molecule has 1 aromatic rings. The Hall–Kier alpha value is -1.11. The third kappa shape index (κ3) is 3.57. The van der Waals surface area contributed by atoms with Crippen LogP contribution < -0.4 is 10.2 Å². The molecule has 1 aromatic carbocycles. The van der Waals surface area contributed by atoms with Gasteiger partial charge in [0, 0.05) is 12.7 Å². The highest BCUT2D eigenvalue weighted by molar-refractivity contribution is 6.62. The van der Waals surface area contributed by atoms with Gasteiger partial charge in [0.1, 0.15) is 11.6 Å². The van der Waals surface area contributed by atoms with Crippen molar-refractivity contribution >= 4 is 12.6 Å². The quantitative estimate of drug-likeness (QED) is 0.475. The molecule has 0 unspecified atom stereocenters. The van der Waals surface area contributed by atoms with Crippen molar-refractivity contribution in [3.05, 3.63) is 24.0 Å². The molecule has 2 rings (SSSR count). The fraction of sp³-hybridized carbons (Fsp3) is 0.600. The zero-order chi connectivity index (χ0) is 15.7. The summed E-state index contributed by atoms with van der Waals surface area (Å²) in [5.74, 6) is 0.00173. The monoisotopic (exact) mass is 296 g/mol. The van der Waals surface area contributed by atoms with Gasteiger partial charge in [0.15, 0.2) is 6.79 Å². The maximum Gasteiger partial charge on any atom is 0.495 e. The summed E-state index contributed by atoms with van der Waals surface area (Å²) in [5, 5.41) is 0. The van der Waals surface area contributed by atoms with Gasteiger partial charge in [-0.2, -0.15) is 0 Å². The first-order chi connectivity index (χ1) is 9.75. The zero-order valence-electron chi connectivity index (χ0n) is 13.2. The molecule has 1 aliphatic rings. The van der Waals surface area contributed by atoms with Crippen molar-refractivity contribution in [1.29, 1.82) is 0 Å². The van der Waals surface area contributed by atoms with E-state index >= 15 is 0 Å². The Morgan fingerprint density at radius 3 is 2.29 bits per heavy atom. The maximum absolute atomic E-state index is 13.7. The first-order valence-corrected chi connectivity index (χ1v) is 7.12. The van der Waals surface area contributed by atoms with Crippen LogP contribution in [-0.4, -0.2) is 31.7 Å². The van der Waals surface area contributed by atoms with Crippen molar-refractivity contribution in [1.82, 2.24) is 0 Å². The van der Waals surface area contributed by atoms with Crippen molar-refractivity contribution in [2.75, 3.05) is 13.4 Å². The van der Waals surface area contributed by atoms with Gasteiger partial charge in [-0.25, -0.2) is 4.39 Å². The third-order valence-electron chi connectivity index (χ3n) is 3.93. The summed E-state index contributed by atoms with van der Waals surface area (Å²) in [6, 6.07) is 4.42. The van der Waals surface area contributed by atoms with Crippen LogP contribution in [-0.2, 0) is 14.0 Å². The van der Waals surface area contributed by atoms with Crippen molar-refractivity contribution in [3.8, 4) is 5.75 Å². The van der Waals surface area contributed by atoms with Crippen LogP contribution in [0.2, 0.25) is 0 Å². The van der Waals surface area contributed by atoms with Gasteiger partial charge in [0.05, 0.1) is 11.2 Å². The summed E-state index contributed by atoms with van der Waals surface area (Å²) < 4.78 is 36.0. The molecule has 0 N–H and O–H groups in total. The van der Waals surface area contributed by atoms with E-state index in [9.17, 15) is 4.39 Å². The second kappa shape index (κ2) is 5.95. The number of hydrogen-bond donors (Lipinski definition) is 0. The van der Waals surface area contributed by atoms with Gasteiger partial charge in [-0.3, -0.25) is 0 Å². The van der Waals surface area contributed by atoms with Crippen LogP contribution in [0.3, 0.4) is 0 Å². The van der Waals surface area contributed by atoms with Crippen molar-refractivity contribution < 1.29 is 23.2 Å². The molecule has 1 aliphatic heterocycles. The Morgan fingerprint density at radius 2 is 1.71 bits per heavy atom. The molecule has 0 aromatic heterocycles. The minimum absolute atomic E-state index is 0.0861. The molecule has 6 heteroatoms. The molecule has 1 saturated heterocycles. The van der Waals surface area contributed by atoms with Crippen LogP contribution in [0.15, 0.2) is 18.2 Å². The molecule has 1 heterocycles. The minimum Gasteiger partial charge on any atom is -0.467 e. The molecule has 0 atom stereocenters. The largest absolute Gasteiger partial charge is 0.495 e. The summed E-state index contributed by atoms with van der Waals surface area (Å²) in [6.07, 6.45) is 0. The molecule has 1 fully saturated rings. The van der Waals surface area contributed by atoms with E-state index in [4.69, 9.17) is 18.8 Å². The van der Waals surface area contributed by atoms with Crippen LogP contribution in [0.25, 0.3) is 0 Å². The minimum atomic E-state index is -0.611. The number of ether oxygens (including phenoxy) is 2. The van der Waals surface area contributed by atoms with Crippen LogP contribution >= 0.6 is 0 Å². The number of hydrogen-bond acceptors (Lipinski definition) is 4. The highest BCUT2D eigenvalue weighted by atomic mass is 19.1. The Bertz CT molecular complexity index is 488. The molecule has 0 radical (unpaired) electrons. The Morgan fingerprint density at radius 1 is 1.10 bits per heavy atom. The van der Waals surface area contributed by atoms with Crippen LogP contribution in [0.5, 0.6) is 5.75 Å². The lowest BCUT2D eigenvalue weighted by Crippen LogP contribution is -2.41. The van der Waals surface area contributed by atoms with Crippen molar-refractivity contribution in [2.24, 2.45) is 0 Å². The Balaban J connectivity index is 2.17. The van der Waals surface area contributed by atoms with E-state index in [1.54, 1.807) is 6.07 Å². The van der Waals surface area contributed by atoms with Gasteiger partial charge < -0.3 is 18.8 Å². The van der Waals surface area contributed by atoms with Gasteiger partial charge in [-0.1, -0.05) is 0 Å². The van der Waals surface area contributed by atoms with E-state index in [0.29, 0.717) is 17.8 Å². The predicted octanol–water partition coefficient (Wildman–Crippen LogP) is 2.50. The number of rotatable bonds is 5. The molecule has 0 saturated carbocycles. The smallest absolute Gasteiger partial charge is 0.467 e. The molecule has 4 nitrogen and oxygen atoms in total. The number of halogens is 1.